The van der Waals surface area contributed by atoms with Gasteiger partial charge < -0.3 is 4.98 Å². The van der Waals surface area contributed by atoms with Crippen LogP contribution in [0.5, 0.6) is 0 Å². The van der Waals surface area contributed by atoms with E-state index < -0.39 is 0 Å². The fraction of sp³-hybridized carbons (Fsp3) is 0.400. The van der Waals surface area contributed by atoms with Crippen LogP contribution in [0.15, 0.2) is 23.3 Å². The van der Waals surface area contributed by atoms with Crippen molar-refractivity contribution in [1.82, 2.24) is 15.0 Å². The van der Waals surface area contributed by atoms with Crippen molar-refractivity contribution in [3.05, 3.63) is 45.8 Å². The molecular formula is C15H19N3O. The Balaban J connectivity index is 2.74. The molecule has 4 heteroatoms. The molecule has 1 N–H and O–H groups in total. The van der Waals surface area contributed by atoms with Crippen LogP contribution in [0, 0.1) is 13.8 Å². The Morgan fingerprint density at radius 3 is 2.47 bits per heavy atom. The van der Waals surface area contributed by atoms with Gasteiger partial charge in [-0.2, -0.15) is 0 Å². The maximum Gasteiger partial charge on any atom is 0.254 e. The maximum absolute atomic E-state index is 12.1. The van der Waals surface area contributed by atoms with Crippen molar-refractivity contribution in [2.45, 2.75) is 40.0 Å². The van der Waals surface area contributed by atoms with E-state index in [-0.39, 0.29) is 11.0 Å². The lowest BCUT2D eigenvalue weighted by molar-refractivity contribution is 0.542. The number of nitrogens with zero attached hydrogens (tertiary/aromatic N) is 2. The molecule has 100 valence electrons. The molecule has 0 aliphatic carbocycles. The van der Waals surface area contributed by atoms with Gasteiger partial charge in [0.05, 0.1) is 5.69 Å². The van der Waals surface area contributed by atoms with Crippen LogP contribution in [0.2, 0.25) is 0 Å². The van der Waals surface area contributed by atoms with Gasteiger partial charge in [-0.15, -0.1) is 0 Å². The molecule has 2 rings (SSSR count). The zero-order chi connectivity index (χ0) is 14.2. The fourth-order valence-corrected chi connectivity index (χ4v) is 1.86. The van der Waals surface area contributed by atoms with Gasteiger partial charge in [0, 0.05) is 28.9 Å². The van der Waals surface area contributed by atoms with Gasteiger partial charge in [0.1, 0.15) is 5.82 Å². The highest BCUT2D eigenvalue weighted by molar-refractivity contribution is 5.65. The Bertz CT molecular complexity index is 666. The zero-order valence-corrected chi connectivity index (χ0v) is 12.0. The quantitative estimate of drug-likeness (QED) is 0.854. The van der Waals surface area contributed by atoms with Crippen LogP contribution in [0.1, 0.15) is 37.7 Å². The van der Waals surface area contributed by atoms with Crippen molar-refractivity contribution >= 4 is 0 Å². The predicted octanol–water partition coefficient (Wildman–Crippen LogP) is 2.75. The van der Waals surface area contributed by atoms with Crippen LogP contribution >= 0.6 is 0 Å². The summed E-state index contributed by atoms with van der Waals surface area (Å²) in [5, 5.41) is 0. The maximum atomic E-state index is 12.1. The molecule has 0 aromatic carbocycles. The Hall–Kier alpha value is -1.97. The highest BCUT2D eigenvalue weighted by Gasteiger charge is 2.20. The average Bonchev–Trinajstić information content (AvgIpc) is 2.32. The predicted molar refractivity (Wildman–Crippen MR) is 76.3 cm³/mol. The van der Waals surface area contributed by atoms with Crippen LogP contribution in [0.3, 0.4) is 0 Å². The van der Waals surface area contributed by atoms with Crippen molar-refractivity contribution in [2.24, 2.45) is 0 Å². The molecule has 0 fully saturated rings. The highest BCUT2D eigenvalue weighted by atomic mass is 16.1. The number of aromatic nitrogens is 3. The Kier molecular flexibility index (Phi) is 3.27. The summed E-state index contributed by atoms with van der Waals surface area (Å²) in [6.07, 6.45) is 3.50. The lowest BCUT2D eigenvalue weighted by atomic mass is 9.95. The molecule has 0 amide bonds. The van der Waals surface area contributed by atoms with E-state index in [1.54, 1.807) is 19.3 Å². The number of aromatic amines is 1. The molecule has 0 spiro atoms. The highest BCUT2D eigenvalue weighted by Crippen LogP contribution is 2.24. The molecule has 0 radical (unpaired) electrons. The second kappa shape index (κ2) is 4.61. The van der Waals surface area contributed by atoms with E-state index in [4.69, 9.17) is 0 Å². The third-order valence-electron chi connectivity index (χ3n) is 3.16. The first-order valence-corrected chi connectivity index (χ1v) is 6.33. The van der Waals surface area contributed by atoms with Gasteiger partial charge in [0.2, 0.25) is 0 Å². The van der Waals surface area contributed by atoms with Crippen LogP contribution in [0.4, 0.5) is 0 Å². The summed E-state index contributed by atoms with van der Waals surface area (Å²) in [5.74, 6) is 0.696. The van der Waals surface area contributed by atoms with Gasteiger partial charge in [-0.05, 0) is 25.5 Å². The SMILES string of the molecule is Cc1ccncc1-c1nc(C(C)(C)C)[nH]c(=O)c1C. The Labute approximate surface area is 112 Å². The fourth-order valence-electron chi connectivity index (χ4n) is 1.86. The van der Waals surface area contributed by atoms with Crippen molar-refractivity contribution in [3.8, 4) is 11.3 Å². The number of rotatable bonds is 1. The van der Waals surface area contributed by atoms with E-state index in [2.05, 4.69) is 15.0 Å². The molecule has 0 unspecified atom stereocenters. The zero-order valence-electron chi connectivity index (χ0n) is 12.0. The molecule has 0 saturated carbocycles. The summed E-state index contributed by atoms with van der Waals surface area (Å²) >= 11 is 0. The summed E-state index contributed by atoms with van der Waals surface area (Å²) in [5.41, 5.74) is 3.05. The minimum atomic E-state index is -0.197. The molecule has 2 aromatic heterocycles. The first-order valence-electron chi connectivity index (χ1n) is 6.33. The van der Waals surface area contributed by atoms with E-state index in [1.807, 2.05) is 33.8 Å². The molecule has 2 heterocycles. The molecule has 0 aliphatic rings. The number of hydrogen-bond donors (Lipinski definition) is 1. The van der Waals surface area contributed by atoms with Gasteiger partial charge in [-0.3, -0.25) is 9.78 Å². The van der Waals surface area contributed by atoms with Crippen molar-refractivity contribution in [2.75, 3.05) is 0 Å². The van der Waals surface area contributed by atoms with E-state index in [0.29, 0.717) is 11.4 Å². The van der Waals surface area contributed by atoms with Crippen LogP contribution < -0.4 is 5.56 Å². The molecule has 19 heavy (non-hydrogen) atoms. The summed E-state index contributed by atoms with van der Waals surface area (Å²) in [6.45, 7) is 9.87. The van der Waals surface area contributed by atoms with Gasteiger partial charge in [-0.1, -0.05) is 20.8 Å². The minimum absolute atomic E-state index is 0.0850. The number of H-pyrrole nitrogens is 1. The second-order valence-corrected chi connectivity index (χ2v) is 5.83. The van der Waals surface area contributed by atoms with E-state index in [9.17, 15) is 4.79 Å². The number of nitrogens with one attached hydrogen (secondary N) is 1. The van der Waals surface area contributed by atoms with Gasteiger partial charge >= 0.3 is 0 Å². The van der Waals surface area contributed by atoms with E-state index >= 15 is 0 Å². The normalized spacial score (nSPS) is 11.6. The molecule has 0 atom stereocenters. The molecule has 0 saturated heterocycles. The topological polar surface area (TPSA) is 58.6 Å². The van der Waals surface area contributed by atoms with Crippen LogP contribution in [-0.2, 0) is 5.41 Å². The first-order chi connectivity index (χ1) is 8.80. The summed E-state index contributed by atoms with van der Waals surface area (Å²) in [7, 11) is 0. The Morgan fingerprint density at radius 2 is 1.89 bits per heavy atom. The van der Waals surface area contributed by atoms with Gasteiger partial charge in [0.25, 0.3) is 5.56 Å². The monoisotopic (exact) mass is 257 g/mol. The third kappa shape index (κ3) is 2.57. The summed E-state index contributed by atoms with van der Waals surface area (Å²) < 4.78 is 0. The Morgan fingerprint density at radius 1 is 1.21 bits per heavy atom. The van der Waals surface area contributed by atoms with Crippen LogP contribution in [-0.4, -0.2) is 15.0 Å². The molecule has 4 nitrogen and oxygen atoms in total. The van der Waals surface area contributed by atoms with Gasteiger partial charge in [-0.25, -0.2) is 4.98 Å². The molecular weight excluding hydrogens is 238 g/mol. The number of pyridine rings is 1. The van der Waals surface area contributed by atoms with Crippen molar-refractivity contribution in [3.63, 3.8) is 0 Å². The van der Waals surface area contributed by atoms with Crippen molar-refractivity contribution < 1.29 is 0 Å². The van der Waals surface area contributed by atoms with Crippen molar-refractivity contribution in [1.29, 1.82) is 0 Å². The minimum Gasteiger partial charge on any atom is -0.310 e. The molecule has 0 aliphatic heterocycles. The summed E-state index contributed by atoms with van der Waals surface area (Å²) in [6, 6.07) is 1.93. The second-order valence-electron chi connectivity index (χ2n) is 5.83. The van der Waals surface area contributed by atoms with E-state index in [0.717, 1.165) is 16.8 Å². The number of hydrogen-bond acceptors (Lipinski definition) is 3. The van der Waals surface area contributed by atoms with Crippen LogP contribution in [0.25, 0.3) is 11.3 Å². The standard InChI is InChI=1S/C15H19N3O/c1-9-6-7-16-8-11(9)12-10(2)13(19)18-14(17-12)15(3,4)5/h6-8H,1-5H3,(H,17,18,19). The van der Waals surface area contributed by atoms with Gasteiger partial charge in [0.15, 0.2) is 0 Å². The molecule has 0 bridgehead atoms. The number of aryl methyl sites for hydroxylation is 1. The third-order valence-corrected chi connectivity index (χ3v) is 3.16. The summed E-state index contributed by atoms with van der Waals surface area (Å²) in [4.78, 5) is 23.7. The lowest BCUT2D eigenvalue weighted by Gasteiger charge is -2.19. The average molecular weight is 257 g/mol. The molecule has 2 aromatic rings. The van der Waals surface area contributed by atoms with E-state index in [1.165, 1.54) is 0 Å². The lowest BCUT2D eigenvalue weighted by Crippen LogP contribution is -2.24. The largest absolute Gasteiger partial charge is 0.310 e. The smallest absolute Gasteiger partial charge is 0.254 e. The first kappa shape index (κ1) is 13.5.